The van der Waals surface area contributed by atoms with E-state index in [2.05, 4.69) is 34.0 Å². The van der Waals surface area contributed by atoms with Crippen LogP contribution in [0.15, 0.2) is 54.2 Å². The second-order valence-electron chi connectivity index (χ2n) is 7.90. The number of carbonyl (C=O) groups is 1. The molecule has 0 aliphatic heterocycles. The number of aromatic nitrogens is 3. The van der Waals surface area contributed by atoms with Crippen LogP contribution in [0.3, 0.4) is 0 Å². The van der Waals surface area contributed by atoms with Gasteiger partial charge in [0.25, 0.3) is 5.91 Å². The lowest BCUT2D eigenvalue weighted by atomic mass is 10.00. The van der Waals surface area contributed by atoms with Crippen LogP contribution in [0.2, 0.25) is 0 Å². The van der Waals surface area contributed by atoms with Gasteiger partial charge >= 0.3 is 0 Å². The Bertz CT molecular complexity index is 1270. The number of nitrogens with zero attached hydrogens (tertiary/aromatic N) is 3. The van der Waals surface area contributed by atoms with Crippen molar-refractivity contribution in [2.24, 2.45) is 7.05 Å². The summed E-state index contributed by atoms with van der Waals surface area (Å²) < 4.78 is 1.81. The van der Waals surface area contributed by atoms with Gasteiger partial charge in [-0.1, -0.05) is 24.3 Å². The van der Waals surface area contributed by atoms with Crippen LogP contribution < -0.4 is 5.32 Å². The van der Waals surface area contributed by atoms with Gasteiger partial charge in [0.2, 0.25) is 0 Å². The molecule has 5 nitrogen and oxygen atoms in total. The first-order chi connectivity index (χ1) is 15.2. The fourth-order valence-electron chi connectivity index (χ4n) is 4.27. The SMILES string of the molecule is Cn1cc(CCCNC(=O)c2c3c(nc4ccccc24)/C(=C\c2cccs2)CC3)cn1. The average molecular weight is 429 g/mol. The summed E-state index contributed by atoms with van der Waals surface area (Å²) in [6.07, 6.45) is 9.66. The molecule has 0 atom stereocenters. The van der Waals surface area contributed by atoms with E-state index in [0.717, 1.165) is 53.4 Å². The van der Waals surface area contributed by atoms with Gasteiger partial charge in [-0.15, -0.1) is 11.3 Å². The fourth-order valence-corrected chi connectivity index (χ4v) is 4.95. The quantitative estimate of drug-likeness (QED) is 0.445. The molecule has 0 bridgehead atoms. The maximum absolute atomic E-state index is 13.3. The number of rotatable bonds is 6. The van der Waals surface area contributed by atoms with E-state index in [9.17, 15) is 4.79 Å². The lowest BCUT2D eigenvalue weighted by Gasteiger charge is -2.13. The Hall–Kier alpha value is -3.25. The standard InChI is InChI=1S/C25H24N4OS/c1-29-16-17(15-27-29)6-4-12-26-25(30)23-20-8-2-3-9-22(20)28-24-18(10-11-21(23)24)14-19-7-5-13-31-19/h2-3,5,7-9,13-16H,4,6,10-12H2,1H3,(H,26,30)/b18-14-. The van der Waals surface area contributed by atoms with Gasteiger partial charge < -0.3 is 5.32 Å². The van der Waals surface area contributed by atoms with Crippen molar-refractivity contribution in [3.8, 4) is 0 Å². The predicted molar refractivity (Wildman–Crippen MR) is 126 cm³/mol. The van der Waals surface area contributed by atoms with Gasteiger partial charge in [-0.3, -0.25) is 9.48 Å². The van der Waals surface area contributed by atoms with Gasteiger partial charge in [0.15, 0.2) is 0 Å². The van der Waals surface area contributed by atoms with Gasteiger partial charge in [-0.2, -0.15) is 5.10 Å². The zero-order valence-electron chi connectivity index (χ0n) is 17.5. The third kappa shape index (κ3) is 4.03. The summed E-state index contributed by atoms with van der Waals surface area (Å²) in [4.78, 5) is 19.5. The largest absolute Gasteiger partial charge is 0.352 e. The number of carbonyl (C=O) groups excluding carboxylic acids is 1. The summed E-state index contributed by atoms with van der Waals surface area (Å²) >= 11 is 1.72. The number of hydrogen-bond donors (Lipinski definition) is 1. The lowest BCUT2D eigenvalue weighted by Crippen LogP contribution is -2.26. The molecule has 3 heterocycles. The smallest absolute Gasteiger partial charge is 0.252 e. The summed E-state index contributed by atoms with van der Waals surface area (Å²) in [5, 5.41) is 10.4. The van der Waals surface area contributed by atoms with Crippen LogP contribution in [-0.4, -0.2) is 27.2 Å². The maximum Gasteiger partial charge on any atom is 0.252 e. The van der Waals surface area contributed by atoms with Crippen LogP contribution in [0, 0.1) is 0 Å². The van der Waals surface area contributed by atoms with E-state index in [1.807, 2.05) is 48.4 Å². The van der Waals surface area contributed by atoms with Crippen LogP contribution in [0.1, 0.15) is 44.9 Å². The van der Waals surface area contributed by atoms with Crippen molar-refractivity contribution in [3.05, 3.63) is 81.4 Å². The van der Waals surface area contributed by atoms with Crippen LogP contribution in [0.5, 0.6) is 0 Å². The molecule has 3 aromatic heterocycles. The highest BCUT2D eigenvalue weighted by Crippen LogP contribution is 2.37. The number of allylic oxidation sites excluding steroid dienone is 1. The topological polar surface area (TPSA) is 59.8 Å². The molecular formula is C25H24N4OS. The normalized spacial score (nSPS) is 14.3. The van der Waals surface area contributed by atoms with Gasteiger partial charge in [-0.05, 0) is 66.0 Å². The van der Waals surface area contributed by atoms with Crippen molar-refractivity contribution in [2.45, 2.75) is 25.7 Å². The van der Waals surface area contributed by atoms with Gasteiger partial charge in [0.05, 0.1) is 23.0 Å². The Morgan fingerprint density at radius 1 is 1.23 bits per heavy atom. The minimum absolute atomic E-state index is 0.00147. The summed E-state index contributed by atoms with van der Waals surface area (Å²) in [6, 6.07) is 12.1. The third-order valence-electron chi connectivity index (χ3n) is 5.71. The fraction of sp³-hybridized carbons (Fsp3) is 0.240. The number of pyridine rings is 1. The van der Waals surface area contributed by atoms with E-state index in [1.165, 1.54) is 16.0 Å². The van der Waals surface area contributed by atoms with Crippen LogP contribution in [0.4, 0.5) is 0 Å². The van der Waals surface area contributed by atoms with E-state index in [-0.39, 0.29) is 5.91 Å². The highest BCUT2D eigenvalue weighted by atomic mass is 32.1. The highest BCUT2D eigenvalue weighted by Gasteiger charge is 2.26. The number of aryl methyl sites for hydroxylation is 2. The minimum atomic E-state index is -0.00147. The summed E-state index contributed by atoms with van der Waals surface area (Å²) in [6.45, 7) is 0.636. The Morgan fingerprint density at radius 2 is 2.13 bits per heavy atom. The molecule has 1 amide bonds. The zero-order valence-corrected chi connectivity index (χ0v) is 18.3. The molecule has 156 valence electrons. The molecule has 0 saturated heterocycles. The molecule has 31 heavy (non-hydrogen) atoms. The molecule has 0 spiro atoms. The van der Waals surface area contributed by atoms with E-state index in [4.69, 9.17) is 4.98 Å². The first-order valence-corrected chi connectivity index (χ1v) is 11.5. The predicted octanol–water partition coefficient (Wildman–Crippen LogP) is 4.88. The number of amides is 1. The summed E-state index contributed by atoms with van der Waals surface area (Å²) in [7, 11) is 1.92. The second-order valence-corrected chi connectivity index (χ2v) is 8.88. The summed E-state index contributed by atoms with van der Waals surface area (Å²) in [5.41, 5.74) is 6.13. The number of benzene rings is 1. The van der Waals surface area contributed by atoms with Crippen molar-refractivity contribution in [1.82, 2.24) is 20.1 Å². The van der Waals surface area contributed by atoms with Crippen molar-refractivity contribution >= 4 is 39.8 Å². The third-order valence-corrected chi connectivity index (χ3v) is 6.53. The first-order valence-electron chi connectivity index (χ1n) is 10.6. The van der Waals surface area contributed by atoms with Crippen molar-refractivity contribution in [2.75, 3.05) is 6.54 Å². The monoisotopic (exact) mass is 428 g/mol. The van der Waals surface area contributed by atoms with Crippen molar-refractivity contribution < 1.29 is 4.79 Å². The Kier molecular flexibility index (Phi) is 5.38. The van der Waals surface area contributed by atoms with Gasteiger partial charge in [0.1, 0.15) is 0 Å². The molecule has 1 N–H and O–H groups in total. The van der Waals surface area contributed by atoms with E-state index < -0.39 is 0 Å². The van der Waals surface area contributed by atoms with Crippen LogP contribution in [0.25, 0.3) is 22.6 Å². The zero-order chi connectivity index (χ0) is 21.2. The minimum Gasteiger partial charge on any atom is -0.352 e. The maximum atomic E-state index is 13.3. The molecule has 1 aliphatic carbocycles. The number of thiophene rings is 1. The average Bonchev–Trinajstić information content (AvgIpc) is 3.52. The number of fused-ring (bicyclic) bond motifs is 2. The summed E-state index contributed by atoms with van der Waals surface area (Å²) in [5.74, 6) is -0.00147. The molecule has 4 aromatic rings. The van der Waals surface area contributed by atoms with Gasteiger partial charge in [0, 0.05) is 30.1 Å². The Morgan fingerprint density at radius 3 is 2.94 bits per heavy atom. The molecule has 0 saturated carbocycles. The molecule has 0 unspecified atom stereocenters. The van der Waals surface area contributed by atoms with E-state index >= 15 is 0 Å². The molecule has 1 aliphatic rings. The molecule has 0 fully saturated rings. The Labute approximate surface area is 185 Å². The molecule has 0 radical (unpaired) electrons. The molecule has 5 rings (SSSR count). The van der Waals surface area contributed by atoms with Crippen LogP contribution >= 0.6 is 11.3 Å². The first kappa shape index (κ1) is 19.7. The van der Waals surface area contributed by atoms with E-state index in [1.54, 1.807) is 11.3 Å². The highest BCUT2D eigenvalue weighted by molar-refractivity contribution is 7.10. The van der Waals surface area contributed by atoms with Crippen LogP contribution in [-0.2, 0) is 19.9 Å². The molecular weight excluding hydrogens is 404 g/mol. The number of hydrogen-bond acceptors (Lipinski definition) is 4. The van der Waals surface area contributed by atoms with Gasteiger partial charge in [-0.25, -0.2) is 4.98 Å². The molecule has 6 heteroatoms. The molecule has 1 aromatic carbocycles. The lowest BCUT2D eigenvalue weighted by molar-refractivity contribution is 0.0954. The van der Waals surface area contributed by atoms with E-state index in [0.29, 0.717) is 6.54 Å². The number of nitrogens with one attached hydrogen (secondary N) is 1. The second kappa shape index (κ2) is 8.47. The van der Waals surface area contributed by atoms with Crippen molar-refractivity contribution in [1.29, 1.82) is 0 Å². The Balaban J connectivity index is 1.42. The number of para-hydroxylation sites is 1. The van der Waals surface area contributed by atoms with Crippen molar-refractivity contribution in [3.63, 3.8) is 0 Å².